The molecule has 4 aromatic rings. The molecule has 0 bridgehead atoms. The number of amides is 2. The fraction of sp³-hybridized carbons (Fsp3) is 0.0345. The molecular weight excluding hydrogens is 498 g/mol. The molecule has 0 spiro atoms. The van der Waals surface area contributed by atoms with Gasteiger partial charge in [0.05, 0.1) is 16.7 Å². The number of imide groups is 1. The van der Waals surface area contributed by atoms with Gasteiger partial charge in [0, 0.05) is 11.1 Å². The minimum absolute atomic E-state index is 0.00872. The molecule has 8 nitrogen and oxygen atoms in total. The van der Waals surface area contributed by atoms with E-state index in [9.17, 15) is 24.9 Å². The fourth-order valence-electron chi connectivity index (χ4n) is 4.27. The SMILES string of the molecule is N#Cc1c(N)nc(SC(C(=O)c2ccccc2)N2C(=O)c3ccccc3C2=O)c(C#N)c1-c1ccccc1. The maximum Gasteiger partial charge on any atom is 0.262 e. The summed E-state index contributed by atoms with van der Waals surface area (Å²) in [7, 11) is 0. The highest BCUT2D eigenvalue weighted by Crippen LogP contribution is 2.40. The van der Waals surface area contributed by atoms with E-state index in [0.717, 1.165) is 16.7 Å². The second kappa shape index (κ2) is 10.0. The van der Waals surface area contributed by atoms with Crippen LogP contribution in [0, 0.1) is 22.7 Å². The number of hydrogen-bond acceptors (Lipinski definition) is 8. The first-order valence-electron chi connectivity index (χ1n) is 11.4. The fourth-order valence-corrected chi connectivity index (χ4v) is 5.44. The van der Waals surface area contributed by atoms with Gasteiger partial charge in [0.25, 0.3) is 11.8 Å². The molecule has 0 aliphatic carbocycles. The van der Waals surface area contributed by atoms with Gasteiger partial charge in [-0.05, 0) is 17.7 Å². The maximum atomic E-state index is 13.8. The van der Waals surface area contributed by atoms with Gasteiger partial charge in [0.1, 0.15) is 28.5 Å². The lowest BCUT2D eigenvalue weighted by Crippen LogP contribution is -2.43. The molecule has 1 aliphatic heterocycles. The lowest BCUT2D eigenvalue weighted by Gasteiger charge is -2.25. The molecule has 0 fully saturated rings. The summed E-state index contributed by atoms with van der Waals surface area (Å²) in [5.41, 5.74) is 7.63. The number of pyridine rings is 1. The highest BCUT2D eigenvalue weighted by molar-refractivity contribution is 8.00. The first kappa shape index (κ1) is 24.4. The van der Waals surface area contributed by atoms with E-state index in [1.165, 1.54) is 12.1 Å². The lowest BCUT2D eigenvalue weighted by atomic mass is 9.97. The molecule has 2 amide bonds. The summed E-state index contributed by atoms with van der Waals surface area (Å²) in [4.78, 5) is 45.7. The Kier molecular flexibility index (Phi) is 6.44. The van der Waals surface area contributed by atoms with Gasteiger partial charge < -0.3 is 5.73 Å². The Bertz CT molecular complexity index is 1660. The summed E-state index contributed by atoms with van der Waals surface area (Å²) in [5.74, 6) is -1.92. The molecule has 1 aliphatic rings. The third kappa shape index (κ3) is 4.07. The number of aromatic nitrogens is 1. The highest BCUT2D eigenvalue weighted by atomic mass is 32.2. The van der Waals surface area contributed by atoms with Crippen molar-refractivity contribution in [2.45, 2.75) is 10.4 Å². The Morgan fingerprint density at radius 1 is 0.816 bits per heavy atom. The van der Waals surface area contributed by atoms with Gasteiger partial charge >= 0.3 is 0 Å². The van der Waals surface area contributed by atoms with Gasteiger partial charge in [-0.3, -0.25) is 19.3 Å². The number of nitrogens with two attached hydrogens (primary N) is 1. The minimum Gasteiger partial charge on any atom is -0.383 e. The highest BCUT2D eigenvalue weighted by Gasteiger charge is 2.44. The number of fused-ring (bicyclic) bond motifs is 1. The Balaban J connectivity index is 1.68. The van der Waals surface area contributed by atoms with Crippen molar-refractivity contribution in [3.05, 3.63) is 113 Å². The van der Waals surface area contributed by atoms with Crippen LogP contribution in [0.4, 0.5) is 5.82 Å². The number of Topliss-reactive ketones (excluding diaryl/α,β-unsaturated/α-hetero) is 1. The molecule has 1 aromatic heterocycles. The van der Waals surface area contributed by atoms with Crippen molar-refractivity contribution in [2.24, 2.45) is 0 Å². The second-order valence-corrected chi connectivity index (χ2v) is 9.31. The molecule has 0 radical (unpaired) electrons. The number of ketones is 1. The van der Waals surface area contributed by atoms with Crippen molar-refractivity contribution in [3.63, 3.8) is 0 Å². The van der Waals surface area contributed by atoms with E-state index < -0.39 is 23.0 Å². The summed E-state index contributed by atoms with van der Waals surface area (Å²) in [5, 5.41) is 18.6. The minimum atomic E-state index is -1.39. The smallest absolute Gasteiger partial charge is 0.262 e. The molecular formula is C29H17N5O3S. The van der Waals surface area contributed by atoms with Crippen LogP contribution in [0.3, 0.4) is 0 Å². The van der Waals surface area contributed by atoms with Crippen LogP contribution in [0.25, 0.3) is 11.1 Å². The largest absolute Gasteiger partial charge is 0.383 e. The van der Waals surface area contributed by atoms with Crippen molar-refractivity contribution in [2.75, 3.05) is 5.73 Å². The number of nitriles is 2. The predicted octanol–water partition coefficient (Wildman–Crippen LogP) is 4.67. The molecule has 0 saturated heterocycles. The lowest BCUT2D eigenvalue weighted by molar-refractivity contribution is 0.0602. The molecule has 182 valence electrons. The third-order valence-electron chi connectivity index (χ3n) is 6.04. The summed E-state index contributed by atoms with van der Waals surface area (Å²) in [6.07, 6.45) is 0. The number of nitrogens with zero attached hydrogens (tertiary/aromatic N) is 4. The summed E-state index contributed by atoms with van der Waals surface area (Å²) in [6.45, 7) is 0. The first-order valence-corrected chi connectivity index (χ1v) is 12.3. The molecule has 2 heterocycles. The van der Waals surface area contributed by atoms with Gasteiger partial charge in [0.15, 0.2) is 11.2 Å². The monoisotopic (exact) mass is 515 g/mol. The number of carbonyl (C=O) groups is 3. The maximum absolute atomic E-state index is 13.8. The van der Waals surface area contributed by atoms with Crippen LogP contribution in [0.5, 0.6) is 0 Å². The van der Waals surface area contributed by atoms with E-state index in [2.05, 4.69) is 11.1 Å². The predicted molar refractivity (Wildman–Crippen MR) is 141 cm³/mol. The second-order valence-electron chi connectivity index (χ2n) is 8.24. The number of hydrogen-bond donors (Lipinski definition) is 1. The standard InChI is InChI=1S/C29H17N5O3S/c30-15-21-23(17-9-3-1-4-10-17)22(16-31)26(33-25(21)32)38-29(24(35)18-11-5-2-6-12-18)34-27(36)19-13-7-8-14-20(19)28(34)37/h1-14,29H,(H2,32,33). The van der Waals surface area contributed by atoms with Crippen LogP contribution >= 0.6 is 11.8 Å². The number of thioether (sulfide) groups is 1. The van der Waals surface area contributed by atoms with Crippen molar-refractivity contribution in [1.29, 1.82) is 10.5 Å². The van der Waals surface area contributed by atoms with Gasteiger partial charge in [-0.1, -0.05) is 84.6 Å². The molecule has 5 rings (SSSR count). The Morgan fingerprint density at radius 2 is 1.34 bits per heavy atom. The molecule has 2 N–H and O–H groups in total. The van der Waals surface area contributed by atoms with Crippen molar-refractivity contribution >= 4 is 35.2 Å². The van der Waals surface area contributed by atoms with Crippen molar-refractivity contribution < 1.29 is 14.4 Å². The van der Waals surface area contributed by atoms with Gasteiger partial charge in [0.2, 0.25) is 0 Å². The number of benzene rings is 3. The van der Waals surface area contributed by atoms with E-state index >= 15 is 0 Å². The van der Waals surface area contributed by atoms with E-state index in [0.29, 0.717) is 5.56 Å². The normalized spacial score (nSPS) is 12.9. The van der Waals surface area contributed by atoms with E-state index in [4.69, 9.17) is 5.73 Å². The van der Waals surface area contributed by atoms with E-state index in [1.54, 1.807) is 72.8 Å². The number of carbonyl (C=O) groups excluding carboxylic acids is 3. The molecule has 38 heavy (non-hydrogen) atoms. The van der Waals surface area contributed by atoms with Crippen LogP contribution in [-0.2, 0) is 0 Å². The topological polar surface area (TPSA) is 141 Å². The van der Waals surface area contributed by atoms with E-state index in [-0.39, 0.29) is 44.2 Å². The zero-order valence-corrected chi connectivity index (χ0v) is 20.5. The van der Waals surface area contributed by atoms with Crippen LogP contribution in [0.2, 0.25) is 0 Å². The Labute approximate surface area is 221 Å². The van der Waals surface area contributed by atoms with Gasteiger partial charge in [-0.2, -0.15) is 10.5 Å². The number of anilines is 1. The number of rotatable bonds is 6. The number of nitrogen functional groups attached to an aromatic ring is 1. The molecule has 0 saturated carbocycles. The van der Waals surface area contributed by atoms with Crippen LogP contribution in [0.15, 0.2) is 90.0 Å². The summed E-state index contributed by atoms with van der Waals surface area (Å²) < 4.78 is 0. The Morgan fingerprint density at radius 3 is 1.89 bits per heavy atom. The zero-order valence-electron chi connectivity index (χ0n) is 19.7. The van der Waals surface area contributed by atoms with E-state index in [1.807, 2.05) is 6.07 Å². The molecule has 1 unspecified atom stereocenters. The van der Waals surface area contributed by atoms with Crippen molar-refractivity contribution in [1.82, 2.24) is 9.88 Å². The summed E-state index contributed by atoms with van der Waals surface area (Å²) in [6, 6.07) is 27.4. The molecule has 1 atom stereocenters. The summed E-state index contributed by atoms with van der Waals surface area (Å²) >= 11 is 0.772. The molecule has 3 aromatic carbocycles. The quantitative estimate of drug-likeness (QED) is 0.222. The van der Waals surface area contributed by atoms with Crippen molar-refractivity contribution in [3.8, 4) is 23.3 Å². The average Bonchev–Trinajstić information content (AvgIpc) is 3.21. The van der Waals surface area contributed by atoms with Gasteiger partial charge in [-0.15, -0.1) is 0 Å². The Hall–Kier alpha value is -5.25. The van der Waals surface area contributed by atoms with Crippen LogP contribution in [0.1, 0.15) is 42.2 Å². The van der Waals surface area contributed by atoms with Crippen LogP contribution < -0.4 is 5.73 Å². The van der Waals surface area contributed by atoms with Gasteiger partial charge in [-0.25, -0.2) is 4.98 Å². The third-order valence-corrected chi connectivity index (χ3v) is 7.21. The zero-order chi connectivity index (χ0) is 26.8. The average molecular weight is 516 g/mol. The first-order chi connectivity index (χ1) is 18.5. The molecule has 9 heteroatoms. The van der Waals surface area contributed by atoms with Crippen LogP contribution in [-0.4, -0.2) is 32.9 Å².